The maximum Gasteiger partial charge on any atom is 0.242 e. The lowest BCUT2D eigenvalue weighted by molar-refractivity contribution is 0.0724. The summed E-state index contributed by atoms with van der Waals surface area (Å²) in [4.78, 5) is 0.0975. The van der Waals surface area contributed by atoms with Crippen LogP contribution in [0.4, 0.5) is 5.69 Å². The Kier molecular flexibility index (Phi) is 4.44. The molecule has 5 nitrogen and oxygen atoms in total. The first-order valence-electron chi connectivity index (χ1n) is 6.53. The molecule has 106 valence electrons. The van der Waals surface area contributed by atoms with Crippen molar-refractivity contribution in [1.29, 1.82) is 0 Å². The van der Waals surface area contributed by atoms with Crippen molar-refractivity contribution >= 4 is 15.7 Å². The Balaban J connectivity index is 2.04. The van der Waals surface area contributed by atoms with E-state index >= 15 is 0 Å². The van der Waals surface area contributed by atoms with E-state index in [1.54, 1.807) is 18.2 Å². The van der Waals surface area contributed by atoms with Gasteiger partial charge in [0.15, 0.2) is 0 Å². The molecule has 19 heavy (non-hydrogen) atoms. The number of nitrogens with two attached hydrogens (primary N) is 1. The largest absolute Gasteiger partial charge is 0.398 e. The van der Waals surface area contributed by atoms with E-state index in [2.05, 4.69) is 4.72 Å². The van der Waals surface area contributed by atoms with Gasteiger partial charge in [-0.25, -0.2) is 13.1 Å². The highest BCUT2D eigenvalue weighted by Gasteiger charge is 2.25. The predicted octanol–water partition coefficient (Wildman–Crippen LogP) is 1.10. The molecule has 0 heterocycles. The van der Waals surface area contributed by atoms with E-state index in [4.69, 9.17) is 5.73 Å². The summed E-state index contributed by atoms with van der Waals surface area (Å²) < 4.78 is 26.8. The summed E-state index contributed by atoms with van der Waals surface area (Å²) in [5.74, 6) is -0.00605. The summed E-state index contributed by atoms with van der Waals surface area (Å²) >= 11 is 0. The Morgan fingerprint density at radius 1 is 1.26 bits per heavy atom. The lowest BCUT2D eigenvalue weighted by atomic mass is 9.87. The van der Waals surface area contributed by atoms with Gasteiger partial charge in [0, 0.05) is 6.54 Å². The summed E-state index contributed by atoms with van der Waals surface area (Å²) in [7, 11) is -3.60. The molecule has 2 atom stereocenters. The highest BCUT2D eigenvalue weighted by Crippen LogP contribution is 2.24. The Morgan fingerprint density at radius 2 is 1.95 bits per heavy atom. The molecule has 0 saturated heterocycles. The molecule has 0 amide bonds. The lowest BCUT2D eigenvalue weighted by Gasteiger charge is -2.27. The van der Waals surface area contributed by atoms with Crippen LogP contribution < -0.4 is 10.5 Å². The van der Waals surface area contributed by atoms with Crippen LogP contribution in [0.25, 0.3) is 0 Å². The minimum Gasteiger partial charge on any atom is -0.398 e. The molecule has 1 aliphatic rings. The zero-order chi connectivity index (χ0) is 13.9. The van der Waals surface area contributed by atoms with Crippen LogP contribution in [0.2, 0.25) is 0 Å². The molecule has 6 heteroatoms. The van der Waals surface area contributed by atoms with Crippen LogP contribution >= 0.6 is 0 Å². The molecule has 1 aromatic carbocycles. The first kappa shape index (κ1) is 14.3. The Bertz CT molecular complexity index is 530. The minimum absolute atomic E-state index is 0.00605. The fraction of sp³-hybridized carbons (Fsp3) is 0.538. The monoisotopic (exact) mass is 284 g/mol. The van der Waals surface area contributed by atoms with Crippen LogP contribution in [-0.4, -0.2) is 26.2 Å². The molecule has 0 aliphatic heterocycles. The number of sulfonamides is 1. The summed E-state index contributed by atoms with van der Waals surface area (Å²) in [6.07, 6.45) is 3.24. The highest BCUT2D eigenvalue weighted by molar-refractivity contribution is 7.89. The molecule has 2 unspecified atom stereocenters. The van der Waals surface area contributed by atoms with Crippen molar-refractivity contribution in [1.82, 2.24) is 4.72 Å². The third-order valence-electron chi connectivity index (χ3n) is 3.61. The van der Waals surface area contributed by atoms with Gasteiger partial charge < -0.3 is 10.8 Å². The van der Waals surface area contributed by atoms with Crippen LogP contribution in [0.5, 0.6) is 0 Å². The molecule has 0 aromatic heterocycles. The van der Waals surface area contributed by atoms with Crippen molar-refractivity contribution in [2.24, 2.45) is 5.92 Å². The SMILES string of the molecule is Nc1ccccc1S(=O)(=O)NCC1CCCCC1O. The Morgan fingerprint density at radius 3 is 2.63 bits per heavy atom. The number of hydrogen-bond acceptors (Lipinski definition) is 4. The van der Waals surface area contributed by atoms with Crippen molar-refractivity contribution < 1.29 is 13.5 Å². The molecule has 1 saturated carbocycles. The quantitative estimate of drug-likeness (QED) is 0.722. The zero-order valence-corrected chi connectivity index (χ0v) is 11.6. The molecule has 0 bridgehead atoms. The number of benzene rings is 1. The highest BCUT2D eigenvalue weighted by atomic mass is 32.2. The van der Waals surface area contributed by atoms with Crippen molar-refractivity contribution in [3.8, 4) is 0 Å². The van der Waals surface area contributed by atoms with Gasteiger partial charge in [-0.05, 0) is 30.9 Å². The smallest absolute Gasteiger partial charge is 0.242 e. The minimum atomic E-state index is -3.60. The predicted molar refractivity (Wildman–Crippen MR) is 74.0 cm³/mol. The first-order chi connectivity index (χ1) is 9.00. The fourth-order valence-electron chi connectivity index (χ4n) is 2.45. The molecule has 1 fully saturated rings. The number of anilines is 1. The van der Waals surface area contributed by atoms with Crippen LogP contribution in [0, 0.1) is 5.92 Å². The summed E-state index contributed by atoms with van der Waals surface area (Å²) in [5, 5.41) is 9.83. The first-order valence-corrected chi connectivity index (χ1v) is 8.01. The number of aliphatic hydroxyl groups is 1. The number of nitrogen functional groups attached to an aromatic ring is 1. The van der Waals surface area contributed by atoms with Crippen LogP contribution in [0.15, 0.2) is 29.2 Å². The van der Waals surface area contributed by atoms with E-state index in [9.17, 15) is 13.5 Å². The van der Waals surface area contributed by atoms with Gasteiger partial charge >= 0.3 is 0 Å². The number of aliphatic hydroxyl groups excluding tert-OH is 1. The fourth-order valence-corrected chi connectivity index (χ4v) is 3.67. The second-order valence-corrected chi connectivity index (χ2v) is 6.74. The van der Waals surface area contributed by atoms with Crippen LogP contribution in [-0.2, 0) is 10.0 Å². The molecule has 1 aromatic rings. The van der Waals surface area contributed by atoms with Crippen LogP contribution in [0.3, 0.4) is 0 Å². The van der Waals surface area contributed by atoms with Gasteiger partial charge in [-0.1, -0.05) is 25.0 Å². The molecule has 4 N–H and O–H groups in total. The van der Waals surface area contributed by atoms with E-state index in [1.165, 1.54) is 6.07 Å². The van der Waals surface area contributed by atoms with Gasteiger partial charge in [0.05, 0.1) is 11.8 Å². The normalized spacial score (nSPS) is 24.3. The van der Waals surface area contributed by atoms with Gasteiger partial charge in [-0.15, -0.1) is 0 Å². The summed E-state index contributed by atoms with van der Waals surface area (Å²) in [5.41, 5.74) is 5.91. The van der Waals surface area contributed by atoms with E-state index in [0.29, 0.717) is 0 Å². The van der Waals surface area contributed by atoms with E-state index < -0.39 is 16.1 Å². The average molecular weight is 284 g/mol. The number of rotatable bonds is 4. The molecule has 1 aliphatic carbocycles. The third-order valence-corrected chi connectivity index (χ3v) is 5.11. The molecular formula is C13H20N2O3S. The van der Waals surface area contributed by atoms with E-state index in [0.717, 1.165) is 25.7 Å². The van der Waals surface area contributed by atoms with Gasteiger partial charge in [0.25, 0.3) is 0 Å². The number of hydrogen-bond donors (Lipinski definition) is 3. The molecule has 0 radical (unpaired) electrons. The van der Waals surface area contributed by atoms with Crippen molar-refractivity contribution in [2.75, 3.05) is 12.3 Å². The third kappa shape index (κ3) is 3.46. The number of nitrogens with one attached hydrogen (secondary N) is 1. The van der Waals surface area contributed by atoms with Gasteiger partial charge in [-0.2, -0.15) is 0 Å². The topological polar surface area (TPSA) is 92.4 Å². The van der Waals surface area contributed by atoms with Crippen molar-refractivity contribution in [3.05, 3.63) is 24.3 Å². The van der Waals surface area contributed by atoms with Crippen LogP contribution in [0.1, 0.15) is 25.7 Å². The second kappa shape index (κ2) is 5.90. The van der Waals surface area contributed by atoms with Gasteiger partial charge in [0.2, 0.25) is 10.0 Å². The van der Waals surface area contributed by atoms with Gasteiger partial charge in [-0.3, -0.25) is 0 Å². The second-order valence-electron chi connectivity index (χ2n) is 5.00. The lowest BCUT2D eigenvalue weighted by Crippen LogP contribution is -2.36. The molecule has 0 spiro atoms. The number of para-hydroxylation sites is 1. The average Bonchev–Trinajstić information content (AvgIpc) is 2.38. The van der Waals surface area contributed by atoms with E-state index in [-0.39, 0.29) is 23.0 Å². The summed E-state index contributed by atoms with van der Waals surface area (Å²) in [6.45, 7) is 0.262. The van der Waals surface area contributed by atoms with Crippen molar-refractivity contribution in [3.63, 3.8) is 0 Å². The summed E-state index contributed by atoms with van der Waals surface area (Å²) in [6, 6.07) is 6.37. The van der Waals surface area contributed by atoms with Crippen molar-refractivity contribution in [2.45, 2.75) is 36.7 Å². The Hall–Kier alpha value is -1.11. The standard InChI is InChI=1S/C13H20N2O3S/c14-11-6-2-4-8-13(11)19(17,18)15-9-10-5-1-3-7-12(10)16/h2,4,6,8,10,12,15-16H,1,3,5,7,9,14H2. The molecular weight excluding hydrogens is 264 g/mol. The maximum absolute atomic E-state index is 12.1. The Labute approximate surface area is 113 Å². The zero-order valence-electron chi connectivity index (χ0n) is 10.7. The van der Waals surface area contributed by atoms with E-state index in [1.807, 2.05) is 0 Å². The molecule has 2 rings (SSSR count). The maximum atomic E-state index is 12.1. The van der Waals surface area contributed by atoms with Gasteiger partial charge in [0.1, 0.15) is 4.90 Å².